The average molecular weight is 203 g/mol. The molecule has 0 unspecified atom stereocenters. The van der Waals surface area contributed by atoms with Crippen molar-refractivity contribution in [3.63, 3.8) is 0 Å². The van der Waals surface area contributed by atoms with Gasteiger partial charge in [-0.1, -0.05) is 29.3 Å². The Kier molecular flexibility index (Phi) is 2.82. The Balaban J connectivity index is 3.29. The van der Waals surface area contributed by atoms with E-state index in [0.717, 1.165) is 10.9 Å². The lowest BCUT2D eigenvalue weighted by Crippen LogP contribution is -2.09. The summed E-state index contributed by atoms with van der Waals surface area (Å²) in [7, 11) is 5.18. The number of nitrogens with one attached hydrogen (secondary N) is 1. The standard InChI is InChI=1S/C7H6Cl2NSi/c1-10-7-5(11)3-2-4(8)6(7)9/h2-3,10H,1H3. The molecule has 1 aromatic rings. The van der Waals surface area contributed by atoms with Gasteiger partial charge in [-0.15, -0.1) is 0 Å². The molecule has 1 rings (SSSR count). The first-order valence-corrected chi connectivity index (χ1v) is 4.29. The highest BCUT2D eigenvalue weighted by Crippen LogP contribution is 2.27. The SMILES string of the molecule is CNc1c([Si])ccc(Cl)c1Cl. The van der Waals surface area contributed by atoms with Crippen LogP contribution in [0.4, 0.5) is 5.69 Å². The lowest BCUT2D eigenvalue weighted by Gasteiger charge is -2.07. The summed E-state index contributed by atoms with van der Waals surface area (Å²) in [6, 6.07) is 3.59. The molecule has 0 saturated carbocycles. The van der Waals surface area contributed by atoms with Crippen LogP contribution < -0.4 is 10.5 Å². The summed E-state index contributed by atoms with van der Waals surface area (Å²) < 4.78 is 0. The maximum atomic E-state index is 5.87. The fourth-order valence-corrected chi connectivity index (χ4v) is 1.62. The van der Waals surface area contributed by atoms with E-state index in [1.807, 2.05) is 6.07 Å². The largest absolute Gasteiger partial charge is 0.387 e. The highest BCUT2D eigenvalue weighted by Gasteiger charge is 2.04. The molecule has 3 radical (unpaired) electrons. The molecule has 0 amide bonds. The Bertz CT molecular complexity index is 275. The third-order valence-corrected chi connectivity index (χ3v) is 2.57. The van der Waals surface area contributed by atoms with Crippen LogP contribution >= 0.6 is 23.2 Å². The van der Waals surface area contributed by atoms with Crippen molar-refractivity contribution >= 4 is 44.3 Å². The van der Waals surface area contributed by atoms with E-state index in [1.54, 1.807) is 13.1 Å². The van der Waals surface area contributed by atoms with Gasteiger partial charge in [0.05, 0.1) is 26.0 Å². The van der Waals surface area contributed by atoms with Crippen LogP contribution in [-0.4, -0.2) is 17.3 Å². The Morgan fingerprint density at radius 2 is 2.00 bits per heavy atom. The van der Waals surface area contributed by atoms with Gasteiger partial charge in [0, 0.05) is 7.05 Å². The molecule has 11 heavy (non-hydrogen) atoms. The summed E-state index contributed by atoms with van der Waals surface area (Å²) >= 11 is 11.6. The highest BCUT2D eigenvalue weighted by molar-refractivity contribution is 6.47. The number of rotatable bonds is 1. The number of benzene rings is 1. The van der Waals surface area contributed by atoms with Crippen molar-refractivity contribution in [1.29, 1.82) is 0 Å². The van der Waals surface area contributed by atoms with Gasteiger partial charge in [0.1, 0.15) is 0 Å². The first-order chi connectivity index (χ1) is 5.16. The number of hydrogen-bond acceptors (Lipinski definition) is 1. The van der Waals surface area contributed by atoms with Gasteiger partial charge in [-0.2, -0.15) is 0 Å². The minimum absolute atomic E-state index is 0.543. The molecule has 1 aromatic carbocycles. The van der Waals surface area contributed by atoms with E-state index in [0.29, 0.717) is 10.0 Å². The molecule has 4 heteroatoms. The normalized spacial score (nSPS) is 9.82. The zero-order valence-corrected chi connectivity index (χ0v) is 8.42. The minimum atomic E-state index is 0.543. The fraction of sp³-hybridized carbons (Fsp3) is 0.143. The van der Waals surface area contributed by atoms with Crippen LogP contribution in [0.1, 0.15) is 0 Å². The van der Waals surface area contributed by atoms with Gasteiger partial charge in [-0.3, -0.25) is 0 Å². The van der Waals surface area contributed by atoms with Crippen LogP contribution in [0.5, 0.6) is 0 Å². The van der Waals surface area contributed by atoms with Crippen LogP contribution in [0.2, 0.25) is 10.0 Å². The molecule has 0 aliphatic rings. The topological polar surface area (TPSA) is 12.0 Å². The second kappa shape index (κ2) is 3.48. The van der Waals surface area contributed by atoms with Crippen molar-refractivity contribution in [2.75, 3.05) is 12.4 Å². The smallest absolute Gasteiger partial charge is 0.0821 e. The highest BCUT2D eigenvalue weighted by atomic mass is 35.5. The summed E-state index contributed by atoms with van der Waals surface area (Å²) in [4.78, 5) is 0. The number of anilines is 1. The average Bonchev–Trinajstić information content (AvgIpc) is 1.99. The number of hydrogen-bond donors (Lipinski definition) is 1. The zero-order valence-electron chi connectivity index (χ0n) is 5.91. The van der Waals surface area contributed by atoms with Crippen LogP contribution in [0.25, 0.3) is 0 Å². The van der Waals surface area contributed by atoms with Gasteiger partial charge in [0.15, 0.2) is 0 Å². The van der Waals surface area contributed by atoms with Gasteiger partial charge in [-0.05, 0) is 11.3 Å². The van der Waals surface area contributed by atoms with Crippen molar-refractivity contribution in [3.05, 3.63) is 22.2 Å². The lowest BCUT2D eigenvalue weighted by molar-refractivity contribution is 1.54. The molecule has 1 N–H and O–H groups in total. The molecule has 0 bridgehead atoms. The van der Waals surface area contributed by atoms with E-state index >= 15 is 0 Å². The van der Waals surface area contributed by atoms with E-state index in [9.17, 15) is 0 Å². The molecule has 0 saturated heterocycles. The van der Waals surface area contributed by atoms with E-state index in [-0.39, 0.29) is 0 Å². The van der Waals surface area contributed by atoms with Gasteiger partial charge in [0.2, 0.25) is 0 Å². The summed E-state index contributed by atoms with van der Waals surface area (Å²) in [5.41, 5.74) is 0.816. The van der Waals surface area contributed by atoms with Gasteiger partial charge >= 0.3 is 0 Å². The molecule has 57 valence electrons. The maximum absolute atomic E-state index is 5.87. The molecule has 0 aliphatic heterocycles. The predicted octanol–water partition coefficient (Wildman–Crippen LogP) is 1.83. The van der Waals surface area contributed by atoms with E-state index in [2.05, 4.69) is 15.6 Å². The summed E-state index contributed by atoms with van der Waals surface area (Å²) in [5.74, 6) is 0. The van der Waals surface area contributed by atoms with Crippen LogP contribution in [0.3, 0.4) is 0 Å². The molecular weight excluding hydrogens is 197 g/mol. The molecular formula is C7H6Cl2NSi. The Morgan fingerprint density at radius 1 is 1.36 bits per heavy atom. The molecule has 0 heterocycles. The van der Waals surface area contributed by atoms with Crippen molar-refractivity contribution in [1.82, 2.24) is 0 Å². The van der Waals surface area contributed by atoms with Crippen molar-refractivity contribution in [2.24, 2.45) is 0 Å². The molecule has 1 nitrogen and oxygen atoms in total. The van der Waals surface area contributed by atoms with E-state index in [4.69, 9.17) is 23.2 Å². The van der Waals surface area contributed by atoms with E-state index in [1.165, 1.54) is 0 Å². The Hall–Kier alpha value is -0.183. The second-order valence-electron chi connectivity index (χ2n) is 2.03. The van der Waals surface area contributed by atoms with Gasteiger partial charge in [0.25, 0.3) is 0 Å². The van der Waals surface area contributed by atoms with E-state index < -0.39 is 0 Å². The minimum Gasteiger partial charge on any atom is -0.387 e. The summed E-state index contributed by atoms with van der Waals surface area (Å²) in [6.45, 7) is 0. The Morgan fingerprint density at radius 3 is 2.45 bits per heavy atom. The maximum Gasteiger partial charge on any atom is 0.0821 e. The monoisotopic (exact) mass is 202 g/mol. The van der Waals surface area contributed by atoms with Crippen LogP contribution in [-0.2, 0) is 0 Å². The number of halogens is 2. The zero-order chi connectivity index (χ0) is 8.43. The molecule has 0 spiro atoms. The van der Waals surface area contributed by atoms with Crippen LogP contribution in [0.15, 0.2) is 12.1 Å². The molecule has 0 aliphatic carbocycles. The summed E-state index contributed by atoms with van der Waals surface area (Å²) in [6.07, 6.45) is 0. The first-order valence-electron chi connectivity index (χ1n) is 3.04. The third kappa shape index (κ3) is 1.69. The van der Waals surface area contributed by atoms with Crippen molar-refractivity contribution < 1.29 is 0 Å². The summed E-state index contributed by atoms with van der Waals surface area (Å²) in [5, 5.41) is 4.94. The molecule has 0 aromatic heterocycles. The lowest BCUT2D eigenvalue weighted by atomic mass is 10.3. The van der Waals surface area contributed by atoms with Crippen LogP contribution in [0, 0.1) is 0 Å². The van der Waals surface area contributed by atoms with Crippen molar-refractivity contribution in [2.45, 2.75) is 0 Å². The van der Waals surface area contributed by atoms with Gasteiger partial charge < -0.3 is 5.32 Å². The fourth-order valence-electron chi connectivity index (χ4n) is 0.795. The molecule has 0 fully saturated rings. The first kappa shape index (κ1) is 8.91. The Labute approximate surface area is 79.1 Å². The molecule has 0 atom stereocenters. The third-order valence-electron chi connectivity index (χ3n) is 1.34. The second-order valence-corrected chi connectivity index (χ2v) is 3.36. The van der Waals surface area contributed by atoms with Crippen molar-refractivity contribution in [3.8, 4) is 0 Å². The van der Waals surface area contributed by atoms with Gasteiger partial charge in [-0.25, -0.2) is 0 Å². The quantitative estimate of drug-likeness (QED) is 0.686. The predicted molar refractivity (Wildman–Crippen MR) is 51.4 cm³/mol.